The van der Waals surface area contributed by atoms with Crippen molar-refractivity contribution in [2.75, 3.05) is 17.3 Å². The van der Waals surface area contributed by atoms with E-state index in [1.54, 1.807) is 6.07 Å². The molecule has 2 amide bonds. The van der Waals surface area contributed by atoms with Crippen LogP contribution in [0, 0.1) is 11.3 Å². The van der Waals surface area contributed by atoms with Crippen LogP contribution in [0.2, 0.25) is 5.02 Å². The van der Waals surface area contributed by atoms with E-state index in [1.807, 2.05) is 5.32 Å². The second-order valence-corrected chi connectivity index (χ2v) is 4.12. The molecule has 0 unspecified atom stereocenters. The average molecular weight is 310 g/mol. The topological polar surface area (TPSA) is 128 Å². The number of nitriles is 1. The number of likely N-dealkylation sites (N-methyl/N-ethyl adjacent to an activating group) is 1. The van der Waals surface area contributed by atoms with Crippen LogP contribution < -0.4 is 10.2 Å². The van der Waals surface area contributed by atoms with Crippen molar-refractivity contribution in [2.45, 2.75) is 0 Å². The third kappa shape index (κ3) is 3.55. The number of carboxylic acids is 1. The molecule has 0 bridgehead atoms. The number of nitrogens with zero attached hydrogens (tertiary/aromatic N) is 2. The predicted molar refractivity (Wildman–Crippen MR) is 71.9 cm³/mol. The molecule has 1 aromatic rings. The van der Waals surface area contributed by atoms with Crippen molar-refractivity contribution >= 4 is 47.0 Å². The van der Waals surface area contributed by atoms with Gasteiger partial charge in [-0.25, -0.2) is 4.79 Å². The van der Waals surface area contributed by atoms with Crippen LogP contribution in [0.25, 0.3) is 0 Å². The standard InChI is InChI=1S/C12H8ClN3O5/c1-16(9(18)5-17)8-3-6(4-14)2-7(10(8)13)15-11(19)12(20)21/h2-3,5H,1H3,(H,15,19)(H,20,21). The number of aldehydes is 1. The number of carboxylic acid groups (broad SMARTS) is 1. The Hall–Kier alpha value is -2.92. The highest BCUT2D eigenvalue weighted by atomic mass is 35.5. The Balaban J connectivity index is 3.37. The number of carbonyl (C=O) groups excluding carboxylic acids is 3. The van der Waals surface area contributed by atoms with Crippen molar-refractivity contribution in [3.63, 3.8) is 0 Å². The van der Waals surface area contributed by atoms with Crippen LogP contribution in [0.3, 0.4) is 0 Å². The average Bonchev–Trinajstić information content (AvgIpc) is 2.47. The van der Waals surface area contributed by atoms with Crippen LogP contribution in [0.4, 0.5) is 11.4 Å². The van der Waals surface area contributed by atoms with Gasteiger partial charge in [-0.2, -0.15) is 5.26 Å². The van der Waals surface area contributed by atoms with Gasteiger partial charge in [0.1, 0.15) is 0 Å². The second-order valence-electron chi connectivity index (χ2n) is 3.74. The van der Waals surface area contributed by atoms with Crippen LogP contribution in [-0.2, 0) is 19.2 Å². The van der Waals surface area contributed by atoms with Gasteiger partial charge in [0.15, 0.2) is 0 Å². The fourth-order valence-electron chi connectivity index (χ4n) is 1.38. The van der Waals surface area contributed by atoms with Crippen LogP contribution in [0.5, 0.6) is 0 Å². The fourth-order valence-corrected chi connectivity index (χ4v) is 1.67. The highest BCUT2D eigenvalue weighted by molar-refractivity contribution is 6.41. The number of halogens is 1. The molecule has 0 atom stereocenters. The van der Waals surface area contributed by atoms with Gasteiger partial charge in [0.25, 0.3) is 5.91 Å². The van der Waals surface area contributed by atoms with Crippen LogP contribution in [0.15, 0.2) is 12.1 Å². The Morgan fingerprint density at radius 3 is 2.52 bits per heavy atom. The number of aliphatic carboxylic acids is 1. The van der Waals surface area contributed by atoms with E-state index >= 15 is 0 Å². The molecule has 1 rings (SSSR count). The zero-order valence-corrected chi connectivity index (χ0v) is 11.3. The minimum atomic E-state index is -1.74. The van der Waals surface area contributed by atoms with Crippen molar-refractivity contribution in [1.29, 1.82) is 5.26 Å². The molecule has 1 aromatic carbocycles. The van der Waals surface area contributed by atoms with E-state index in [4.69, 9.17) is 22.0 Å². The Morgan fingerprint density at radius 2 is 2.05 bits per heavy atom. The number of benzene rings is 1. The zero-order valence-electron chi connectivity index (χ0n) is 10.6. The molecule has 0 saturated carbocycles. The molecule has 2 N–H and O–H groups in total. The Morgan fingerprint density at radius 1 is 1.43 bits per heavy atom. The Kier molecular flexibility index (Phi) is 4.99. The molecule has 9 heteroatoms. The minimum absolute atomic E-state index is 0.0145. The van der Waals surface area contributed by atoms with Crippen molar-refractivity contribution in [3.05, 3.63) is 22.7 Å². The van der Waals surface area contributed by atoms with Gasteiger partial charge in [0.05, 0.1) is 28.0 Å². The molecule has 21 heavy (non-hydrogen) atoms. The molecule has 0 aliphatic heterocycles. The normalized spacial score (nSPS) is 9.38. The summed E-state index contributed by atoms with van der Waals surface area (Å²) in [5.41, 5.74) is -0.169. The lowest BCUT2D eigenvalue weighted by Gasteiger charge is -2.18. The largest absolute Gasteiger partial charge is 0.474 e. The van der Waals surface area contributed by atoms with Crippen LogP contribution in [-0.4, -0.2) is 36.2 Å². The Labute approximate surface area is 123 Å². The summed E-state index contributed by atoms with van der Waals surface area (Å²) in [5.74, 6) is -4.03. The Bertz CT molecular complexity index is 680. The summed E-state index contributed by atoms with van der Waals surface area (Å²) in [6.07, 6.45) is 0.0465. The summed E-state index contributed by atoms with van der Waals surface area (Å²) in [7, 11) is 1.24. The molecule has 108 valence electrons. The molecular weight excluding hydrogens is 302 g/mol. The van der Waals surface area contributed by atoms with Gasteiger partial charge in [-0.3, -0.25) is 14.4 Å². The molecule has 8 nitrogen and oxygen atoms in total. The smallest absolute Gasteiger partial charge is 0.394 e. The number of anilines is 2. The van der Waals surface area contributed by atoms with E-state index in [-0.39, 0.29) is 28.2 Å². The molecule has 0 saturated heterocycles. The lowest BCUT2D eigenvalue weighted by molar-refractivity contribution is -0.147. The predicted octanol–water partition coefficient (Wildman–Crippen LogP) is 0.396. The molecule has 0 spiro atoms. The van der Waals surface area contributed by atoms with Crippen molar-refractivity contribution in [1.82, 2.24) is 0 Å². The van der Waals surface area contributed by atoms with Crippen molar-refractivity contribution < 1.29 is 24.3 Å². The summed E-state index contributed by atoms with van der Waals surface area (Å²) in [6.45, 7) is 0. The van der Waals surface area contributed by atoms with Crippen molar-refractivity contribution in [3.8, 4) is 6.07 Å². The van der Waals surface area contributed by atoms with E-state index in [1.165, 1.54) is 13.1 Å². The van der Waals surface area contributed by atoms with Gasteiger partial charge in [0.2, 0.25) is 6.29 Å². The number of nitrogens with one attached hydrogen (secondary N) is 1. The summed E-state index contributed by atoms with van der Waals surface area (Å²) in [5, 5.41) is 19.2. The molecule has 0 aliphatic rings. The van der Waals surface area contributed by atoms with Crippen LogP contribution in [0.1, 0.15) is 5.56 Å². The first-order chi connectivity index (χ1) is 9.81. The first-order valence-corrected chi connectivity index (χ1v) is 5.70. The van der Waals surface area contributed by atoms with E-state index in [0.29, 0.717) is 0 Å². The molecule has 0 heterocycles. The maximum absolute atomic E-state index is 11.3. The fraction of sp³-hybridized carbons (Fsp3) is 0.0833. The molecule has 0 fully saturated rings. The monoisotopic (exact) mass is 309 g/mol. The van der Waals surface area contributed by atoms with Crippen LogP contribution >= 0.6 is 11.6 Å². The third-order valence-corrected chi connectivity index (χ3v) is 2.81. The van der Waals surface area contributed by atoms with E-state index in [0.717, 1.165) is 11.0 Å². The summed E-state index contributed by atoms with van der Waals surface area (Å²) >= 11 is 5.96. The first kappa shape index (κ1) is 16.1. The zero-order chi connectivity index (χ0) is 16.2. The molecule has 0 aromatic heterocycles. The first-order valence-electron chi connectivity index (χ1n) is 5.32. The van der Waals surface area contributed by atoms with Gasteiger partial charge >= 0.3 is 11.9 Å². The SMILES string of the molecule is CN(C(=O)C=O)c1cc(C#N)cc(NC(=O)C(=O)O)c1Cl. The summed E-state index contributed by atoms with van der Waals surface area (Å²) in [6, 6.07) is 4.13. The molecule has 0 radical (unpaired) electrons. The summed E-state index contributed by atoms with van der Waals surface area (Å²) in [4.78, 5) is 44.4. The number of amides is 2. The van der Waals surface area contributed by atoms with Crippen molar-refractivity contribution in [2.24, 2.45) is 0 Å². The quantitative estimate of drug-likeness (QED) is 0.614. The van der Waals surface area contributed by atoms with Gasteiger partial charge in [0, 0.05) is 7.05 Å². The number of rotatable bonds is 3. The maximum Gasteiger partial charge on any atom is 0.394 e. The van der Waals surface area contributed by atoms with E-state index < -0.39 is 17.8 Å². The highest BCUT2D eigenvalue weighted by Gasteiger charge is 2.20. The second kappa shape index (κ2) is 6.49. The third-order valence-electron chi connectivity index (χ3n) is 2.42. The number of carbonyl (C=O) groups is 4. The molecule has 0 aliphatic carbocycles. The highest BCUT2D eigenvalue weighted by Crippen LogP contribution is 2.34. The van der Waals surface area contributed by atoms with Gasteiger partial charge in [-0.1, -0.05) is 11.6 Å². The van der Waals surface area contributed by atoms with Gasteiger partial charge in [-0.15, -0.1) is 0 Å². The van der Waals surface area contributed by atoms with Gasteiger partial charge in [-0.05, 0) is 12.1 Å². The van der Waals surface area contributed by atoms with E-state index in [2.05, 4.69) is 0 Å². The minimum Gasteiger partial charge on any atom is -0.474 e. The molecular formula is C12H8ClN3O5. The maximum atomic E-state index is 11.3. The number of hydrogen-bond donors (Lipinski definition) is 2. The van der Waals surface area contributed by atoms with Gasteiger partial charge < -0.3 is 15.3 Å². The van der Waals surface area contributed by atoms with E-state index in [9.17, 15) is 19.2 Å². The lowest BCUT2D eigenvalue weighted by Crippen LogP contribution is -2.28. The summed E-state index contributed by atoms with van der Waals surface area (Å²) < 4.78 is 0. The number of hydrogen-bond acceptors (Lipinski definition) is 5. The lowest BCUT2D eigenvalue weighted by atomic mass is 10.1.